The van der Waals surface area contributed by atoms with Crippen LogP contribution in [0.2, 0.25) is 0 Å². The van der Waals surface area contributed by atoms with Crippen molar-refractivity contribution in [3.63, 3.8) is 0 Å². The molecule has 0 aliphatic rings. The van der Waals surface area contributed by atoms with Gasteiger partial charge in [-0.25, -0.2) is 4.79 Å². The minimum atomic E-state index is -0.323. The van der Waals surface area contributed by atoms with Crippen molar-refractivity contribution >= 4 is 5.97 Å². The van der Waals surface area contributed by atoms with Crippen LogP contribution in [-0.4, -0.2) is 38.9 Å². The summed E-state index contributed by atoms with van der Waals surface area (Å²) in [4.78, 5) is 10.8. The molecule has 0 aliphatic carbocycles. The van der Waals surface area contributed by atoms with Crippen LogP contribution in [0.3, 0.4) is 0 Å². The summed E-state index contributed by atoms with van der Waals surface area (Å²) >= 11 is 0. The summed E-state index contributed by atoms with van der Waals surface area (Å²) in [5.41, 5.74) is 0. The zero-order valence-electron chi connectivity index (χ0n) is 8.54. The Kier molecular flexibility index (Phi) is 9.28. The van der Waals surface area contributed by atoms with Crippen LogP contribution in [0, 0.1) is 12.3 Å². The largest absolute Gasteiger partial charge is 0.464 e. The van der Waals surface area contributed by atoms with Crippen LogP contribution < -0.4 is 5.32 Å². The van der Waals surface area contributed by atoms with Crippen molar-refractivity contribution in [1.29, 1.82) is 0 Å². The first kappa shape index (κ1) is 12.9. The van der Waals surface area contributed by atoms with Crippen molar-refractivity contribution < 1.29 is 14.3 Å². The fourth-order valence-electron chi connectivity index (χ4n) is 0.788. The molecule has 0 rings (SSSR count). The molecule has 0 heterocycles. The van der Waals surface area contributed by atoms with Crippen LogP contribution in [0.25, 0.3) is 0 Å². The van der Waals surface area contributed by atoms with E-state index in [1.54, 1.807) is 6.92 Å². The number of hydrogen-bond donors (Lipinski definition) is 1. The summed E-state index contributed by atoms with van der Waals surface area (Å²) in [6.07, 6.45) is 5.77. The highest BCUT2D eigenvalue weighted by Crippen LogP contribution is 1.80. The summed E-state index contributed by atoms with van der Waals surface area (Å²) in [5.74, 6) is 2.19. The van der Waals surface area contributed by atoms with E-state index >= 15 is 0 Å². The summed E-state index contributed by atoms with van der Waals surface area (Å²) in [6.45, 7) is 4.14. The highest BCUT2D eigenvalue weighted by atomic mass is 16.6. The van der Waals surface area contributed by atoms with Crippen LogP contribution >= 0.6 is 0 Å². The van der Waals surface area contributed by atoms with Gasteiger partial charge in [-0.2, -0.15) is 0 Å². The average molecular weight is 199 g/mol. The second-order valence-corrected chi connectivity index (χ2v) is 2.56. The lowest BCUT2D eigenvalue weighted by molar-refractivity contribution is -0.148. The highest BCUT2D eigenvalue weighted by molar-refractivity contribution is 5.70. The molecule has 0 bridgehead atoms. The van der Waals surface area contributed by atoms with Gasteiger partial charge in [0, 0.05) is 19.5 Å². The summed E-state index contributed by atoms with van der Waals surface area (Å²) < 4.78 is 9.72. The van der Waals surface area contributed by atoms with Crippen molar-refractivity contribution in [3.8, 4) is 12.3 Å². The number of hydrogen-bond acceptors (Lipinski definition) is 4. The number of nitrogens with one attached hydrogen (secondary N) is 1. The first-order valence-corrected chi connectivity index (χ1v) is 4.68. The Hall–Kier alpha value is -1.05. The van der Waals surface area contributed by atoms with Crippen LogP contribution in [0.15, 0.2) is 0 Å². The smallest absolute Gasteiger partial charge is 0.332 e. The van der Waals surface area contributed by atoms with Crippen molar-refractivity contribution in [2.75, 3.05) is 32.9 Å². The third-order valence-corrected chi connectivity index (χ3v) is 1.39. The topological polar surface area (TPSA) is 47.6 Å². The Morgan fingerprint density at radius 1 is 1.50 bits per heavy atom. The molecule has 4 heteroatoms. The Balaban J connectivity index is 3.06. The van der Waals surface area contributed by atoms with Gasteiger partial charge in [0.25, 0.3) is 0 Å². The lowest BCUT2D eigenvalue weighted by Gasteiger charge is -2.04. The van der Waals surface area contributed by atoms with E-state index in [4.69, 9.17) is 11.2 Å². The molecule has 80 valence electrons. The fourth-order valence-corrected chi connectivity index (χ4v) is 0.788. The molecule has 0 spiro atoms. The number of ether oxygens (including phenoxy) is 2. The molecule has 0 saturated heterocycles. The first-order chi connectivity index (χ1) is 6.81. The molecule has 4 nitrogen and oxygen atoms in total. The van der Waals surface area contributed by atoms with E-state index in [9.17, 15) is 4.79 Å². The minimum Gasteiger partial charge on any atom is -0.464 e. The van der Waals surface area contributed by atoms with Crippen LogP contribution in [-0.2, 0) is 14.3 Å². The third-order valence-electron chi connectivity index (χ3n) is 1.39. The molecule has 14 heavy (non-hydrogen) atoms. The number of carbonyl (C=O) groups excluding carboxylic acids is 1. The normalized spacial score (nSPS) is 9.43. The number of terminal acetylenes is 1. The van der Waals surface area contributed by atoms with Gasteiger partial charge in [-0.05, 0) is 6.92 Å². The van der Waals surface area contributed by atoms with Crippen LogP contribution in [0.1, 0.15) is 13.3 Å². The van der Waals surface area contributed by atoms with Gasteiger partial charge in [-0.1, -0.05) is 0 Å². The van der Waals surface area contributed by atoms with Crippen LogP contribution in [0.4, 0.5) is 0 Å². The number of carbonyl (C=O) groups is 1. The summed E-state index contributed by atoms with van der Waals surface area (Å²) in [6, 6.07) is 0. The molecule has 0 fully saturated rings. The highest BCUT2D eigenvalue weighted by Gasteiger charge is 1.99. The van der Waals surface area contributed by atoms with Gasteiger partial charge in [0.05, 0.1) is 13.2 Å². The van der Waals surface area contributed by atoms with E-state index < -0.39 is 0 Å². The first-order valence-electron chi connectivity index (χ1n) is 4.68. The van der Waals surface area contributed by atoms with E-state index in [0.29, 0.717) is 26.2 Å². The van der Waals surface area contributed by atoms with Crippen molar-refractivity contribution in [2.24, 2.45) is 0 Å². The van der Waals surface area contributed by atoms with Crippen molar-refractivity contribution in [1.82, 2.24) is 5.32 Å². The second-order valence-electron chi connectivity index (χ2n) is 2.56. The Bertz CT molecular complexity index is 186. The predicted molar refractivity (Wildman–Crippen MR) is 53.8 cm³/mol. The van der Waals surface area contributed by atoms with Gasteiger partial charge in [0.2, 0.25) is 0 Å². The van der Waals surface area contributed by atoms with Gasteiger partial charge in [-0.3, -0.25) is 0 Å². The molecule has 0 saturated carbocycles. The molecule has 1 N–H and O–H groups in total. The maximum atomic E-state index is 10.8. The molecular formula is C10H17NO3. The SMILES string of the molecule is C#CCCNCCOCC(=O)OCC. The number of rotatable bonds is 8. The molecule has 0 aromatic rings. The minimum absolute atomic E-state index is 0.0185. The van der Waals surface area contributed by atoms with Crippen LogP contribution in [0.5, 0.6) is 0 Å². The van der Waals surface area contributed by atoms with Crippen molar-refractivity contribution in [2.45, 2.75) is 13.3 Å². The van der Waals surface area contributed by atoms with E-state index in [0.717, 1.165) is 6.54 Å². The zero-order valence-corrected chi connectivity index (χ0v) is 8.54. The standard InChI is InChI=1S/C10H17NO3/c1-3-5-6-11-7-8-13-9-10(12)14-4-2/h1,11H,4-9H2,2H3. The molecule has 0 atom stereocenters. The van der Waals surface area contributed by atoms with Gasteiger partial charge >= 0.3 is 5.97 Å². The van der Waals surface area contributed by atoms with Gasteiger partial charge in [0.15, 0.2) is 0 Å². The molecule has 0 aliphatic heterocycles. The van der Waals surface area contributed by atoms with E-state index in [-0.39, 0.29) is 12.6 Å². The quantitative estimate of drug-likeness (QED) is 0.344. The molecule has 0 radical (unpaired) electrons. The third kappa shape index (κ3) is 9.04. The van der Waals surface area contributed by atoms with E-state index in [2.05, 4.69) is 16.0 Å². The lowest BCUT2D eigenvalue weighted by Crippen LogP contribution is -2.22. The van der Waals surface area contributed by atoms with Crippen molar-refractivity contribution in [3.05, 3.63) is 0 Å². The fraction of sp³-hybridized carbons (Fsp3) is 0.700. The maximum Gasteiger partial charge on any atom is 0.332 e. The molecule has 0 aromatic heterocycles. The zero-order chi connectivity index (χ0) is 10.6. The van der Waals surface area contributed by atoms with E-state index in [1.165, 1.54) is 0 Å². The molecule has 0 amide bonds. The molecule has 0 aromatic carbocycles. The van der Waals surface area contributed by atoms with Gasteiger partial charge in [-0.15, -0.1) is 12.3 Å². The summed E-state index contributed by atoms with van der Waals surface area (Å²) in [7, 11) is 0. The Morgan fingerprint density at radius 2 is 2.29 bits per heavy atom. The maximum absolute atomic E-state index is 10.8. The number of esters is 1. The second kappa shape index (κ2) is 10.0. The Labute approximate surface area is 85.0 Å². The lowest BCUT2D eigenvalue weighted by atomic mass is 10.4. The monoisotopic (exact) mass is 199 g/mol. The summed E-state index contributed by atoms with van der Waals surface area (Å²) in [5, 5.41) is 3.07. The average Bonchev–Trinajstić information content (AvgIpc) is 2.17. The van der Waals surface area contributed by atoms with Gasteiger partial charge < -0.3 is 14.8 Å². The molecular weight excluding hydrogens is 182 g/mol. The predicted octanol–water partition coefficient (Wildman–Crippen LogP) is 0.179. The molecule has 0 unspecified atom stereocenters. The van der Waals surface area contributed by atoms with E-state index in [1.807, 2.05) is 0 Å². The Morgan fingerprint density at radius 3 is 2.93 bits per heavy atom. The van der Waals surface area contributed by atoms with Gasteiger partial charge in [0.1, 0.15) is 6.61 Å².